The van der Waals surface area contributed by atoms with E-state index in [2.05, 4.69) is 4.72 Å². The summed E-state index contributed by atoms with van der Waals surface area (Å²) in [5.41, 5.74) is 0.708. The second kappa shape index (κ2) is 9.75. The third kappa shape index (κ3) is 6.36. The molecule has 0 aromatic heterocycles. The Hall–Kier alpha value is -3.31. The van der Waals surface area contributed by atoms with Crippen molar-refractivity contribution in [3.63, 3.8) is 0 Å². The van der Waals surface area contributed by atoms with Gasteiger partial charge < -0.3 is 9.47 Å². The van der Waals surface area contributed by atoms with Crippen molar-refractivity contribution < 1.29 is 32.4 Å². The van der Waals surface area contributed by atoms with Crippen LogP contribution in [-0.2, 0) is 30.9 Å². The van der Waals surface area contributed by atoms with Gasteiger partial charge in [-0.05, 0) is 36.8 Å². The maximum atomic E-state index is 12.1. The molecule has 1 N–H and O–H groups in total. The first kappa shape index (κ1) is 22.0. The molecule has 0 saturated carbocycles. The Morgan fingerprint density at radius 2 is 1.66 bits per heavy atom. The number of nitro groups is 1. The average molecular weight is 422 g/mol. The third-order valence-electron chi connectivity index (χ3n) is 3.63. The molecule has 0 amide bonds. The Balaban J connectivity index is 1.86. The summed E-state index contributed by atoms with van der Waals surface area (Å²) in [6.07, 6.45) is 0. The lowest BCUT2D eigenvalue weighted by Gasteiger charge is -2.08. The molecule has 2 aromatic rings. The minimum Gasteiger partial charge on any atom is -0.462 e. The lowest BCUT2D eigenvalue weighted by Crippen LogP contribution is -2.30. The van der Waals surface area contributed by atoms with E-state index in [1.54, 1.807) is 19.1 Å². The predicted octanol–water partition coefficient (Wildman–Crippen LogP) is 1.79. The van der Waals surface area contributed by atoms with Crippen molar-refractivity contribution >= 4 is 27.6 Å². The summed E-state index contributed by atoms with van der Waals surface area (Å²) in [6, 6.07) is 10.4. The first-order chi connectivity index (χ1) is 13.7. The van der Waals surface area contributed by atoms with Gasteiger partial charge in [0.2, 0.25) is 10.0 Å². The van der Waals surface area contributed by atoms with Gasteiger partial charge in [0, 0.05) is 12.1 Å². The number of non-ortho nitro benzene ring substituents is 1. The molecule has 0 heterocycles. The van der Waals surface area contributed by atoms with E-state index in [0.29, 0.717) is 11.1 Å². The van der Waals surface area contributed by atoms with E-state index in [0.717, 1.165) is 24.3 Å². The van der Waals surface area contributed by atoms with E-state index in [9.17, 15) is 28.1 Å². The van der Waals surface area contributed by atoms with Crippen LogP contribution in [0.1, 0.15) is 22.8 Å². The average Bonchev–Trinajstić information content (AvgIpc) is 2.71. The molecule has 11 heteroatoms. The van der Waals surface area contributed by atoms with Crippen molar-refractivity contribution in [2.45, 2.75) is 18.4 Å². The lowest BCUT2D eigenvalue weighted by molar-refractivity contribution is -0.384. The van der Waals surface area contributed by atoms with Crippen LogP contribution < -0.4 is 4.72 Å². The summed E-state index contributed by atoms with van der Waals surface area (Å²) in [7, 11) is -4.03. The van der Waals surface area contributed by atoms with Gasteiger partial charge in [-0.3, -0.25) is 14.9 Å². The minimum absolute atomic E-state index is 0.110. The zero-order valence-corrected chi connectivity index (χ0v) is 16.2. The maximum absolute atomic E-state index is 12.1. The quantitative estimate of drug-likeness (QED) is 0.366. The fourth-order valence-electron chi connectivity index (χ4n) is 2.15. The monoisotopic (exact) mass is 422 g/mol. The van der Waals surface area contributed by atoms with Crippen LogP contribution in [0.25, 0.3) is 0 Å². The van der Waals surface area contributed by atoms with Gasteiger partial charge in [0.05, 0.1) is 22.0 Å². The molecule has 0 radical (unpaired) electrons. The summed E-state index contributed by atoms with van der Waals surface area (Å²) >= 11 is 0. The van der Waals surface area contributed by atoms with Crippen LogP contribution in [-0.4, -0.2) is 38.4 Å². The van der Waals surface area contributed by atoms with Crippen LogP contribution in [0.3, 0.4) is 0 Å². The van der Waals surface area contributed by atoms with Gasteiger partial charge in [0.15, 0.2) is 0 Å². The topological polar surface area (TPSA) is 142 Å². The van der Waals surface area contributed by atoms with Crippen LogP contribution in [0.15, 0.2) is 53.4 Å². The van der Waals surface area contributed by atoms with Gasteiger partial charge in [-0.1, -0.05) is 12.1 Å². The summed E-state index contributed by atoms with van der Waals surface area (Å²) in [6.45, 7) is 1.23. The number of hydrogen-bond acceptors (Lipinski definition) is 8. The maximum Gasteiger partial charge on any atom is 0.338 e. The summed E-state index contributed by atoms with van der Waals surface area (Å²) in [5.74, 6) is -1.28. The summed E-state index contributed by atoms with van der Waals surface area (Å²) in [5, 5.41) is 10.6. The molecule has 0 spiro atoms. The summed E-state index contributed by atoms with van der Waals surface area (Å²) < 4.78 is 36.1. The molecule has 10 nitrogen and oxygen atoms in total. The second-order valence-corrected chi connectivity index (χ2v) is 7.42. The smallest absolute Gasteiger partial charge is 0.338 e. The highest BCUT2D eigenvalue weighted by atomic mass is 32.2. The van der Waals surface area contributed by atoms with Gasteiger partial charge in [-0.25, -0.2) is 13.2 Å². The number of hydrogen-bond donors (Lipinski definition) is 1. The molecule has 0 saturated heterocycles. The highest BCUT2D eigenvalue weighted by Gasteiger charge is 2.17. The van der Waals surface area contributed by atoms with E-state index in [1.807, 2.05) is 0 Å². The first-order valence-electron chi connectivity index (χ1n) is 8.38. The van der Waals surface area contributed by atoms with Crippen LogP contribution >= 0.6 is 0 Å². The number of benzene rings is 2. The molecule has 0 aliphatic carbocycles. The van der Waals surface area contributed by atoms with Crippen LogP contribution in [0.4, 0.5) is 5.69 Å². The Morgan fingerprint density at radius 1 is 1.03 bits per heavy atom. The molecule has 0 unspecified atom stereocenters. The Labute approximate surface area is 166 Å². The Kier molecular flexibility index (Phi) is 7.39. The highest BCUT2D eigenvalue weighted by molar-refractivity contribution is 7.89. The van der Waals surface area contributed by atoms with Crippen molar-refractivity contribution in [1.82, 2.24) is 4.72 Å². The Morgan fingerprint density at radius 3 is 2.21 bits per heavy atom. The standard InChI is InChI=1S/C18H18N2O8S/c1-2-27-18(22)14-5-3-13(4-6-14)12-28-17(21)11-19-29(25,26)16-9-7-15(8-10-16)20(23)24/h3-10,19H,2,11-12H2,1H3. The number of nitrogens with one attached hydrogen (secondary N) is 1. The molecule has 0 atom stereocenters. The normalized spacial score (nSPS) is 10.9. The first-order valence-corrected chi connectivity index (χ1v) is 9.87. The van der Waals surface area contributed by atoms with E-state index in [-0.39, 0.29) is 23.8 Å². The molecular weight excluding hydrogens is 404 g/mol. The van der Waals surface area contributed by atoms with Gasteiger partial charge in [-0.2, -0.15) is 4.72 Å². The number of sulfonamides is 1. The molecule has 29 heavy (non-hydrogen) atoms. The third-order valence-corrected chi connectivity index (χ3v) is 5.05. The molecule has 154 valence electrons. The van der Waals surface area contributed by atoms with Crippen LogP contribution in [0.5, 0.6) is 0 Å². The van der Waals surface area contributed by atoms with Gasteiger partial charge >= 0.3 is 11.9 Å². The van der Waals surface area contributed by atoms with Gasteiger partial charge in [0.1, 0.15) is 13.2 Å². The van der Waals surface area contributed by atoms with Crippen molar-refractivity contribution in [3.8, 4) is 0 Å². The molecule has 0 aliphatic heterocycles. The van der Waals surface area contributed by atoms with Crippen LogP contribution in [0, 0.1) is 10.1 Å². The van der Waals surface area contributed by atoms with E-state index >= 15 is 0 Å². The number of carbonyl (C=O) groups excluding carboxylic acids is 2. The van der Waals surface area contributed by atoms with Crippen LogP contribution in [0.2, 0.25) is 0 Å². The number of rotatable bonds is 9. The number of nitro benzene ring substituents is 1. The van der Waals surface area contributed by atoms with E-state index in [4.69, 9.17) is 9.47 Å². The van der Waals surface area contributed by atoms with Crippen molar-refractivity contribution in [2.75, 3.05) is 13.2 Å². The largest absolute Gasteiger partial charge is 0.462 e. The SMILES string of the molecule is CCOC(=O)c1ccc(COC(=O)CNS(=O)(=O)c2ccc([N+](=O)[O-])cc2)cc1. The zero-order chi connectivity index (χ0) is 21.4. The molecule has 0 fully saturated rings. The molecule has 0 bridgehead atoms. The second-order valence-electron chi connectivity index (χ2n) is 5.65. The lowest BCUT2D eigenvalue weighted by atomic mass is 10.1. The van der Waals surface area contributed by atoms with Crippen molar-refractivity contribution in [3.05, 3.63) is 69.8 Å². The number of carbonyl (C=O) groups is 2. The zero-order valence-electron chi connectivity index (χ0n) is 15.4. The van der Waals surface area contributed by atoms with Crippen molar-refractivity contribution in [1.29, 1.82) is 0 Å². The number of nitrogens with zero attached hydrogens (tertiary/aromatic N) is 1. The highest BCUT2D eigenvalue weighted by Crippen LogP contribution is 2.15. The van der Waals surface area contributed by atoms with E-state index in [1.165, 1.54) is 12.1 Å². The van der Waals surface area contributed by atoms with Gasteiger partial charge in [-0.15, -0.1) is 0 Å². The Bertz CT molecular complexity index is 986. The molecular formula is C18H18N2O8S. The number of esters is 2. The molecule has 2 rings (SSSR count). The van der Waals surface area contributed by atoms with E-state index < -0.39 is 33.4 Å². The fraction of sp³-hybridized carbons (Fsp3) is 0.222. The van der Waals surface area contributed by atoms with Gasteiger partial charge in [0.25, 0.3) is 5.69 Å². The van der Waals surface area contributed by atoms with Crippen molar-refractivity contribution in [2.24, 2.45) is 0 Å². The summed E-state index contributed by atoms with van der Waals surface area (Å²) in [4.78, 5) is 33.1. The fourth-order valence-corrected chi connectivity index (χ4v) is 3.12. The molecule has 2 aromatic carbocycles. The minimum atomic E-state index is -4.03. The molecule has 0 aliphatic rings. The predicted molar refractivity (Wildman–Crippen MR) is 100 cm³/mol. The number of ether oxygens (including phenoxy) is 2.